The summed E-state index contributed by atoms with van der Waals surface area (Å²) < 4.78 is 40.7. The Balaban J connectivity index is 1.44. The van der Waals surface area contributed by atoms with E-state index in [0.29, 0.717) is 18.6 Å². The van der Waals surface area contributed by atoms with Crippen molar-refractivity contribution in [3.05, 3.63) is 68.7 Å². The van der Waals surface area contributed by atoms with Gasteiger partial charge in [-0.15, -0.1) is 21.5 Å². The van der Waals surface area contributed by atoms with Crippen LogP contribution in [0.5, 0.6) is 0 Å². The molecule has 2 aromatic heterocycles. The van der Waals surface area contributed by atoms with Gasteiger partial charge in [-0.25, -0.2) is 13.2 Å². The number of ketones is 2. The zero-order valence-electron chi connectivity index (χ0n) is 15.4. The lowest BCUT2D eigenvalue weighted by atomic mass is 10.0. The highest BCUT2D eigenvalue weighted by molar-refractivity contribution is 7.11. The lowest BCUT2D eigenvalue weighted by Gasteiger charge is -2.02. The van der Waals surface area contributed by atoms with Crippen molar-refractivity contribution in [2.75, 3.05) is 0 Å². The van der Waals surface area contributed by atoms with Crippen molar-refractivity contribution in [3.8, 4) is 0 Å². The molecule has 1 fully saturated rings. The Hall–Kier alpha value is -2.81. The van der Waals surface area contributed by atoms with Crippen LogP contribution in [0.2, 0.25) is 0 Å². The van der Waals surface area contributed by atoms with Gasteiger partial charge in [-0.05, 0) is 18.9 Å². The maximum atomic E-state index is 13.8. The Labute approximate surface area is 168 Å². The Morgan fingerprint density at radius 1 is 1.14 bits per heavy atom. The van der Waals surface area contributed by atoms with Crippen molar-refractivity contribution >= 4 is 22.9 Å². The average molecular weight is 419 g/mol. The minimum absolute atomic E-state index is 0.0855. The van der Waals surface area contributed by atoms with Gasteiger partial charge in [0.15, 0.2) is 11.6 Å². The van der Waals surface area contributed by atoms with Crippen LogP contribution in [-0.2, 0) is 11.8 Å². The van der Waals surface area contributed by atoms with Gasteiger partial charge in [0.1, 0.15) is 27.5 Å². The molecule has 0 unspecified atom stereocenters. The van der Waals surface area contributed by atoms with E-state index in [1.54, 1.807) is 0 Å². The standard InChI is InChI=1S/C20H16F3N3O2S/c1-20(4-5-20)19-26-25-16(29-19)3-2-15(27)14-6-10(9-24-14)18(28)17-12(22)7-11(21)8-13(17)23/h6-9,24H,2-5H2,1H3. The van der Waals surface area contributed by atoms with Gasteiger partial charge >= 0.3 is 0 Å². The molecule has 0 spiro atoms. The molecular formula is C20H16F3N3O2S. The third kappa shape index (κ3) is 3.87. The quantitative estimate of drug-likeness (QED) is 0.577. The van der Waals surface area contributed by atoms with Crippen LogP contribution in [0.3, 0.4) is 0 Å². The minimum atomic E-state index is -1.29. The normalized spacial score (nSPS) is 14.8. The van der Waals surface area contributed by atoms with E-state index in [9.17, 15) is 22.8 Å². The van der Waals surface area contributed by atoms with Gasteiger partial charge in [0.25, 0.3) is 0 Å². The molecular weight excluding hydrogens is 403 g/mol. The minimum Gasteiger partial charge on any atom is -0.358 e. The monoisotopic (exact) mass is 419 g/mol. The molecule has 1 saturated carbocycles. The number of halogens is 3. The number of nitrogens with one attached hydrogen (secondary N) is 1. The molecule has 1 aliphatic carbocycles. The van der Waals surface area contributed by atoms with Crippen LogP contribution >= 0.6 is 11.3 Å². The smallest absolute Gasteiger partial charge is 0.200 e. The van der Waals surface area contributed by atoms with Gasteiger partial charge in [-0.1, -0.05) is 6.92 Å². The number of aromatic amines is 1. The molecule has 4 rings (SSSR count). The molecule has 0 bridgehead atoms. The van der Waals surface area contributed by atoms with Gasteiger partial charge in [-0.3, -0.25) is 9.59 Å². The first kappa shape index (κ1) is 19.5. The van der Waals surface area contributed by atoms with Crippen LogP contribution in [0.15, 0.2) is 24.4 Å². The number of nitrogens with zero attached hydrogens (tertiary/aromatic N) is 2. The number of carbonyl (C=O) groups is 2. The van der Waals surface area contributed by atoms with Crippen molar-refractivity contribution in [1.29, 1.82) is 0 Å². The second kappa shape index (κ2) is 7.22. The number of rotatable bonds is 7. The predicted octanol–water partition coefficient (Wildman–Crippen LogP) is 4.38. The summed E-state index contributed by atoms with van der Waals surface area (Å²) in [6, 6.07) is 2.12. The number of H-pyrrole nitrogens is 1. The lowest BCUT2D eigenvalue weighted by molar-refractivity contribution is 0.0978. The van der Waals surface area contributed by atoms with Crippen LogP contribution in [-0.4, -0.2) is 26.7 Å². The van der Waals surface area contributed by atoms with Crippen LogP contribution in [0.25, 0.3) is 0 Å². The number of Topliss-reactive ketones (excluding diaryl/α,β-unsaturated/α-hetero) is 1. The van der Waals surface area contributed by atoms with E-state index in [0.717, 1.165) is 22.9 Å². The number of hydrogen-bond acceptors (Lipinski definition) is 5. The SMILES string of the molecule is CC1(c2nnc(CCC(=O)c3cc(C(=O)c4c(F)cc(F)cc4F)c[nH]3)s2)CC1. The lowest BCUT2D eigenvalue weighted by Crippen LogP contribution is -2.07. The van der Waals surface area contributed by atoms with Gasteiger partial charge in [0, 0.05) is 42.1 Å². The van der Waals surface area contributed by atoms with Crippen molar-refractivity contribution in [2.45, 2.75) is 38.0 Å². The maximum Gasteiger partial charge on any atom is 0.200 e. The molecule has 150 valence electrons. The van der Waals surface area contributed by atoms with Crippen LogP contribution < -0.4 is 0 Å². The van der Waals surface area contributed by atoms with Crippen molar-refractivity contribution in [3.63, 3.8) is 0 Å². The van der Waals surface area contributed by atoms with E-state index in [4.69, 9.17) is 0 Å². The summed E-state index contributed by atoms with van der Waals surface area (Å²) in [5.74, 6) is -4.94. The molecule has 0 atom stereocenters. The van der Waals surface area contributed by atoms with Crippen LogP contribution in [0.4, 0.5) is 13.2 Å². The molecule has 1 aliphatic rings. The molecule has 1 N–H and O–H groups in total. The number of hydrogen-bond donors (Lipinski definition) is 1. The third-order valence-corrected chi connectivity index (χ3v) is 6.32. The van der Waals surface area contributed by atoms with E-state index in [2.05, 4.69) is 22.1 Å². The molecule has 1 aromatic carbocycles. The predicted molar refractivity (Wildman–Crippen MR) is 99.7 cm³/mol. The van der Waals surface area contributed by atoms with Crippen molar-refractivity contribution < 1.29 is 22.8 Å². The first-order chi connectivity index (χ1) is 13.8. The summed E-state index contributed by atoms with van der Waals surface area (Å²) in [7, 11) is 0. The highest BCUT2D eigenvalue weighted by atomic mass is 32.1. The highest BCUT2D eigenvalue weighted by Gasteiger charge is 2.42. The zero-order valence-corrected chi connectivity index (χ0v) is 16.2. The van der Waals surface area contributed by atoms with Crippen molar-refractivity contribution in [1.82, 2.24) is 15.2 Å². The van der Waals surface area contributed by atoms with Gasteiger partial charge in [0.05, 0.1) is 11.3 Å². The fourth-order valence-electron chi connectivity index (χ4n) is 2.94. The first-order valence-corrected chi connectivity index (χ1v) is 9.82. The molecule has 0 radical (unpaired) electrons. The Kier molecular flexibility index (Phi) is 4.85. The van der Waals surface area contributed by atoms with Gasteiger partial charge < -0.3 is 4.98 Å². The number of aryl methyl sites for hydroxylation is 1. The molecule has 2 heterocycles. The van der Waals surface area contributed by atoms with Gasteiger partial charge in [0.2, 0.25) is 0 Å². The van der Waals surface area contributed by atoms with E-state index in [-0.39, 0.29) is 28.9 Å². The Morgan fingerprint density at radius 2 is 1.83 bits per heavy atom. The summed E-state index contributed by atoms with van der Waals surface area (Å²) in [6.45, 7) is 2.13. The molecule has 9 heteroatoms. The van der Waals surface area contributed by atoms with Crippen molar-refractivity contribution in [2.24, 2.45) is 0 Å². The van der Waals surface area contributed by atoms with Crippen LogP contribution in [0.1, 0.15) is 62.6 Å². The van der Waals surface area contributed by atoms with E-state index < -0.39 is 28.8 Å². The van der Waals surface area contributed by atoms with Gasteiger partial charge in [-0.2, -0.15) is 0 Å². The third-order valence-electron chi connectivity index (χ3n) is 5.03. The highest BCUT2D eigenvalue weighted by Crippen LogP contribution is 2.48. The Bertz CT molecular complexity index is 1090. The average Bonchev–Trinajstić information content (AvgIpc) is 3.10. The fraction of sp³-hybridized carbons (Fsp3) is 0.300. The fourth-order valence-corrected chi connectivity index (χ4v) is 3.99. The molecule has 0 aliphatic heterocycles. The topological polar surface area (TPSA) is 75.7 Å². The first-order valence-electron chi connectivity index (χ1n) is 9.00. The van der Waals surface area contributed by atoms with E-state index in [1.165, 1.54) is 23.6 Å². The molecule has 29 heavy (non-hydrogen) atoms. The number of carbonyl (C=O) groups excluding carboxylic acids is 2. The molecule has 3 aromatic rings. The summed E-state index contributed by atoms with van der Waals surface area (Å²) >= 11 is 1.50. The summed E-state index contributed by atoms with van der Waals surface area (Å²) in [5, 5.41) is 10.1. The van der Waals surface area contributed by atoms with Crippen LogP contribution in [0, 0.1) is 17.5 Å². The summed E-state index contributed by atoms with van der Waals surface area (Å²) in [5.41, 5.74) is -0.674. The van der Waals surface area contributed by atoms with E-state index in [1.807, 2.05) is 0 Å². The summed E-state index contributed by atoms with van der Waals surface area (Å²) in [6.07, 6.45) is 3.95. The largest absolute Gasteiger partial charge is 0.358 e. The second-order valence-electron chi connectivity index (χ2n) is 7.36. The maximum absolute atomic E-state index is 13.8. The number of benzene rings is 1. The Morgan fingerprint density at radius 3 is 2.48 bits per heavy atom. The zero-order chi connectivity index (χ0) is 20.8. The molecule has 0 saturated heterocycles. The summed E-state index contributed by atoms with van der Waals surface area (Å²) in [4.78, 5) is 27.4. The second-order valence-corrected chi connectivity index (χ2v) is 8.42. The molecule has 5 nitrogen and oxygen atoms in total. The molecule has 0 amide bonds. The van der Waals surface area contributed by atoms with E-state index >= 15 is 0 Å². The number of aromatic nitrogens is 3.